The predicted molar refractivity (Wildman–Crippen MR) is 45.4 cm³/mol. The molecule has 0 aliphatic carbocycles. The number of allylic oxidation sites excluding steroid dienone is 1. The molecule has 3 nitrogen and oxygen atoms in total. The van der Waals surface area contributed by atoms with Crippen molar-refractivity contribution >= 4 is 11.8 Å². The molecule has 4 heteroatoms. The van der Waals surface area contributed by atoms with Crippen LogP contribution in [0.1, 0.15) is 20.3 Å². The summed E-state index contributed by atoms with van der Waals surface area (Å²) < 4.78 is 4.67. The fourth-order valence-corrected chi connectivity index (χ4v) is 0.733. The van der Waals surface area contributed by atoms with Crippen molar-refractivity contribution in [3.05, 3.63) is 18.6 Å². The van der Waals surface area contributed by atoms with Crippen LogP contribution in [0.25, 0.3) is 0 Å². The molecule has 68 valence electrons. The van der Waals surface area contributed by atoms with Crippen LogP contribution in [0.3, 0.4) is 0 Å². The van der Waals surface area contributed by atoms with Crippen LogP contribution in [0.5, 0.6) is 0 Å². The third-order valence-corrected chi connectivity index (χ3v) is 1.30. The zero-order valence-electron chi connectivity index (χ0n) is 8.42. The summed E-state index contributed by atoms with van der Waals surface area (Å²) in [7, 11) is 0. The van der Waals surface area contributed by atoms with Gasteiger partial charge < -0.3 is 9.53 Å². The number of ketones is 1. The zero-order chi connectivity index (χ0) is 9.56. The molecule has 0 fully saturated rings. The summed E-state index contributed by atoms with van der Waals surface area (Å²) in [5, 5.41) is 0. The minimum atomic E-state index is -0.537. The molecular formula is C9H13NaO3. The van der Waals surface area contributed by atoms with Crippen LogP contribution in [0, 0.1) is 5.92 Å². The average Bonchev–Trinajstić information content (AvgIpc) is 1.99. The number of ether oxygens (including phenoxy) is 1. The number of rotatable bonds is 5. The van der Waals surface area contributed by atoms with Crippen molar-refractivity contribution in [2.45, 2.75) is 20.3 Å². The third kappa shape index (κ3) is 5.91. The van der Waals surface area contributed by atoms with E-state index in [1.165, 1.54) is 13.0 Å². The second kappa shape index (κ2) is 8.35. The van der Waals surface area contributed by atoms with E-state index in [9.17, 15) is 9.59 Å². The number of Topliss-reactive ketones (excluding diaryl/α,β-unsaturated/α-hetero) is 1. The zero-order valence-corrected chi connectivity index (χ0v) is 10.4. The van der Waals surface area contributed by atoms with Crippen LogP contribution in [0.4, 0.5) is 0 Å². The number of esters is 1. The van der Waals surface area contributed by atoms with Crippen molar-refractivity contribution in [1.29, 1.82) is 0 Å². The number of hydrogen-bond donors (Lipinski definition) is 0. The van der Waals surface area contributed by atoms with Crippen LogP contribution in [-0.4, -0.2) is 18.4 Å². The predicted octanol–water partition coefficient (Wildman–Crippen LogP) is -1.71. The molecule has 0 atom stereocenters. The minimum absolute atomic E-state index is 0. The van der Waals surface area contributed by atoms with E-state index in [2.05, 4.69) is 11.3 Å². The van der Waals surface area contributed by atoms with Crippen LogP contribution in [0.15, 0.2) is 12.7 Å². The molecule has 0 aromatic heterocycles. The SMILES string of the molecule is C=CC[C-](C(C)=O)C(=O)OCC.[Na+]. The smallest absolute Gasteiger partial charge is 0.488 e. The summed E-state index contributed by atoms with van der Waals surface area (Å²) in [5.41, 5.74) is 0. The summed E-state index contributed by atoms with van der Waals surface area (Å²) in [6.45, 7) is 6.77. The van der Waals surface area contributed by atoms with E-state index in [1.54, 1.807) is 6.92 Å². The van der Waals surface area contributed by atoms with Gasteiger partial charge in [0, 0.05) is 5.78 Å². The Morgan fingerprint density at radius 1 is 1.54 bits per heavy atom. The first-order chi connectivity index (χ1) is 5.63. The number of carbonyl (C=O) groups is 2. The Morgan fingerprint density at radius 3 is 2.38 bits per heavy atom. The Hall–Kier alpha value is -0.250. The third-order valence-electron chi connectivity index (χ3n) is 1.30. The van der Waals surface area contributed by atoms with Gasteiger partial charge in [-0.05, 0) is 13.8 Å². The fourth-order valence-electron chi connectivity index (χ4n) is 0.733. The van der Waals surface area contributed by atoms with Gasteiger partial charge in [0.15, 0.2) is 5.97 Å². The summed E-state index contributed by atoms with van der Waals surface area (Å²) >= 11 is 0. The standard InChI is InChI=1S/C9H13O3.Na/c1-4-6-8(7(3)10)9(11)12-5-2;/h4H,1,5-6H2,2-3H3;/q-1;+1. The molecule has 0 N–H and O–H groups in total. The monoisotopic (exact) mass is 192 g/mol. The van der Waals surface area contributed by atoms with Gasteiger partial charge in [-0.25, -0.2) is 5.92 Å². The number of carbonyl (C=O) groups excluding carboxylic acids is 2. The van der Waals surface area contributed by atoms with Gasteiger partial charge in [0.25, 0.3) is 0 Å². The van der Waals surface area contributed by atoms with Crippen molar-refractivity contribution in [2.24, 2.45) is 0 Å². The molecule has 0 aromatic carbocycles. The largest absolute Gasteiger partial charge is 1.00 e. The Balaban J connectivity index is 0. The molecule has 0 spiro atoms. The maximum Gasteiger partial charge on any atom is 1.00 e. The topological polar surface area (TPSA) is 43.4 Å². The average molecular weight is 192 g/mol. The van der Waals surface area contributed by atoms with Crippen LogP contribution in [0.2, 0.25) is 0 Å². The summed E-state index contributed by atoms with van der Waals surface area (Å²) in [5.74, 6) is -0.634. The van der Waals surface area contributed by atoms with Gasteiger partial charge in [0.1, 0.15) is 0 Å². The second-order valence-corrected chi connectivity index (χ2v) is 2.25. The van der Waals surface area contributed by atoms with Gasteiger partial charge in [-0.3, -0.25) is 4.79 Å². The molecule has 0 radical (unpaired) electrons. The van der Waals surface area contributed by atoms with Crippen molar-refractivity contribution in [3.63, 3.8) is 0 Å². The first-order valence-corrected chi connectivity index (χ1v) is 3.78. The van der Waals surface area contributed by atoms with Gasteiger partial charge in [-0.15, -0.1) is 19.1 Å². The van der Waals surface area contributed by atoms with Gasteiger partial charge in [-0.2, -0.15) is 0 Å². The van der Waals surface area contributed by atoms with Gasteiger partial charge >= 0.3 is 29.6 Å². The van der Waals surface area contributed by atoms with Crippen molar-refractivity contribution in [2.75, 3.05) is 6.61 Å². The van der Waals surface area contributed by atoms with E-state index < -0.39 is 5.97 Å². The van der Waals surface area contributed by atoms with Gasteiger partial charge in [0.2, 0.25) is 0 Å². The fraction of sp³-hybridized carbons (Fsp3) is 0.444. The maximum absolute atomic E-state index is 11.0. The second-order valence-electron chi connectivity index (χ2n) is 2.25. The van der Waals surface area contributed by atoms with E-state index in [-0.39, 0.29) is 54.3 Å². The van der Waals surface area contributed by atoms with E-state index in [1.807, 2.05) is 0 Å². The molecular weight excluding hydrogens is 179 g/mol. The van der Waals surface area contributed by atoms with E-state index in [4.69, 9.17) is 0 Å². The molecule has 0 rings (SSSR count). The van der Waals surface area contributed by atoms with Crippen molar-refractivity contribution < 1.29 is 43.9 Å². The van der Waals surface area contributed by atoms with E-state index in [0.717, 1.165) is 0 Å². The molecule has 0 saturated heterocycles. The first kappa shape index (κ1) is 15.2. The Morgan fingerprint density at radius 2 is 2.08 bits per heavy atom. The quantitative estimate of drug-likeness (QED) is 0.171. The summed E-state index contributed by atoms with van der Waals surface area (Å²) in [4.78, 5) is 21.9. The maximum atomic E-state index is 11.0. The molecule has 0 bridgehead atoms. The van der Waals surface area contributed by atoms with E-state index >= 15 is 0 Å². The molecule has 0 unspecified atom stereocenters. The number of hydrogen-bond acceptors (Lipinski definition) is 3. The summed E-state index contributed by atoms with van der Waals surface area (Å²) in [6.07, 6.45) is 1.78. The molecule has 0 saturated carbocycles. The molecule has 0 aliphatic rings. The molecule has 0 heterocycles. The van der Waals surface area contributed by atoms with E-state index in [0.29, 0.717) is 0 Å². The molecule has 0 amide bonds. The Kier molecular flexibility index (Phi) is 9.79. The van der Waals surface area contributed by atoms with Crippen LogP contribution >= 0.6 is 0 Å². The van der Waals surface area contributed by atoms with Crippen molar-refractivity contribution in [3.8, 4) is 0 Å². The van der Waals surface area contributed by atoms with Gasteiger partial charge in [-0.1, -0.05) is 0 Å². The van der Waals surface area contributed by atoms with Crippen LogP contribution < -0.4 is 29.6 Å². The molecule has 0 aromatic rings. The molecule has 13 heavy (non-hydrogen) atoms. The van der Waals surface area contributed by atoms with Crippen LogP contribution in [-0.2, 0) is 14.3 Å². The van der Waals surface area contributed by atoms with Crippen molar-refractivity contribution in [1.82, 2.24) is 0 Å². The minimum Gasteiger partial charge on any atom is -0.488 e. The normalized spacial score (nSPS) is 8.15. The Bertz CT molecular complexity index is 189. The Labute approximate surface area is 101 Å². The molecule has 0 aliphatic heterocycles. The summed E-state index contributed by atoms with van der Waals surface area (Å²) in [6, 6.07) is 0. The first-order valence-electron chi connectivity index (χ1n) is 3.78. The van der Waals surface area contributed by atoms with Gasteiger partial charge in [0.05, 0.1) is 6.61 Å².